The summed E-state index contributed by atoms with van der Waals surface area (Å²) in [5.74, 6) is 0.999. The van der Waals surface area contributed by atoms with E-state index in [1.54, 1.807) is 0 Å². The fourth-order valence-electron chi connectivity index (χ4n) is 1.48. The normalized spacial score (nSPS) is 12.1. The summed E-state index contributed by atoms with van der Waals surface area (Å²) < 4.78 is 0. The van der Waals surface area contributed by atoms with Crippen LogP contribution < -0.4 is 5.73 Å². The van der Waals surface area contributed by atoms with Crippen LogP contribution >= 0.6 is 11.8 Å². The minimum Gasteiger partial charge on any atom is -0.330 e. The molecule has 0 aliphatic rings. The Morgan fingerprint density at radius 3 is 2.81 bits per heavy atom. The van der Waals surface area contributed by atoms with Gasteiger partial charge in [0, 0.05) is 11.0 Å². The Balaban J connectivity index is 2.58. The maximum atomic E-state index is 8.77. The quantitative estimate of drug-likeness (QED) is 0.852. The Hall–Kier alpha value is -0.980. The van der Waals surface area contributed by atoms with Gasteiger partial charge >= 0.3 is 0 Å². The molecular weight excluding hydrogens is 216 g/mol. The lowest BCUT2D eigenvalue weighted by molar-refractivity contribution is 0.823. The molecule has 1 aromatic rings. The molecule has 0 spiro atoms. The van der Waals surface area contributed by atoms with E-state index in [0.717, 1.165) is 24.3 Å². The van der Waals surface area contributed by atoms with E-state index in [0.29, 0.717) is 5.25 Å². The van der Waals surface area contributed by atoms with Crippen molar-refractivity contribution < 1.29 is 0 Å². The van der Waals surface area contributed by atoms with E-state index >= 15 is 0 Å². The number of rotatable bonds is 5. The molecule has 0 saturated carbocycles. The lowest BCUT2D eigenvalue weighted by Crippen LogP contribution is -2.07. The average molecular weight is 234 g/mol. The van der Waals surface area contributed by atoms with Crippen LogP contribution in [0.2, 0.25) is 0 Å². The molecule has 1 rings (SSSR count). The molecule has 0 heterocycles. The average Bonchev–Trinajstić information content (AvgIpc) is 2.27. The number of aryl methyl sites for hydroxylation is 1. The highest BCUT2D eigenvalue weighted by atomic mass is 32.2. The number of hydrogen-bond acceptors (Lipinski definition) is 3. The van der Waals surface area contributed by atoms with Crippen LogP contribution in [-0.2, 0) is 5.75 Å². The molecule has 0 aliphatic heterocycles. The van der Waals surface area contributed by atoms with Crippen LogP contribution in [0, 0.1) is 18.3 Å². The van der Waals surface area contributed by atoms with Gasteiger partial charge in [-0.25, -0.2) is 0 Å². The van der Waals surface area contributed by atoms with Crippen LogP contribution in [0.25, 0.3) is 0 Å². The lowest BCUT2D eigenvalue weighted by atomic mass is 10.1. The lowest BCUT2D eigenvalue weighted by Gasteiger charge is -2.11. The monoisotopic (exact) mass is 234 g/mol. The summed E-state index contributed by atoms with van der Waals surface area (Å²) in [6, 6.07) is 8.04. The smallest absolute Gasteiger partial charge is 0.0991 e. The molecule has 86 valence electrons. The molecule has 0 aliphatic carbocycles. The van der Waals surface area contributed by atoms with Gasteiger partial charge in [-0.15, -0.1) is 0 Å². The first-order valence-corrected chi connectivity index (χ1v) is 6.53. The maximum absolute atomic E-state index is 8.77. The first-order chi connectivity index (χ1) is 7.67. The van der Waals surface area contributed by atoms with Crippen molar-refractivity contribution in [1.29, 1.82) is 5.26 Å². The Kier molecular flexibility index (Phi) is 5.37. The molecular formula is C13H18N2S. The zero-order chi connectivity index (χ0) is 12.0. The molecule has 0 aromatic heterocycles. The van der Waals surface area contributed by atoms with Crippen LogP contribution in [0.15, 0.2) is 18.2 Å². The molecule has 16 heavy (non-hydrogen) atoms. The van der Waals surface area contributed by atoms with Gasteiger partial charge in [-0.1, -0.05) is 13.0 Å². The van der Waals surface area contributed by atoms with E-state index in [2.05, 4.69) is 26.0 Å². The summed E-state index contributed by atoms with van der Waals surface area (Å²) in [7, 11) is 0. The van der Waals surface area contributed by atoms with Crippen molar-refractivity contribution in [2.45, 2.75) is 31.3 Å². The largest absolute Gasteiger partial charge is 0.330 e. The van der Waals surface area contributed by atoms with Crippen LogP contribution in [0.5, 0.6) is 0 Å². The van der Waals surface area contributed by atoms with Gasteiger partial charge in [-0.3, -0.25) is 0 Å². The molecule has 1 atom stereocenters. The SMILES string of the molecule is Cc1cc(C#N)ccc1CSC(C)CCN. The zero-order valence-corrected chi connectivity index (χ0v) is 10.7. The van der Waals surface area contributed by atoms with Gasteiger partial charge in [0.1, 0.15) is 0 Å². The second-order valence-electron chi connectivity index (χ2n) is 3.95. The summed E-state index contributed by atoms with van der Waals surface area (Å²) in [4.78, 5) is 0. The molecule has 0 radical (unpaired) electrons. The topological polar surface area (TPSA) is 49.8 Å². The van der Waals surface area contributed by atoms with Gasteiger partial charge in [0.05, 0.1) is 11.6 Å². The first kappa shape index (κ1) is 13.1. The van der Waals surface area contributed by atoms with Crippen molar-refractivity contribution >= 4 is 11.8 Å². The molecule has 0 saturated heterocycles. The van der Waals surface area contributed by atoms with Crippen molar-refractivity contribution in [3.63, 3.8) is 0 Å². The third-order valence-corrected chi connectivity index (χ3v) is 3.85. The third-order valence-electron chi connectivity index (χ3n) is 2.57. The maximum Gasteiger partial charge on any atom is 0.0991 e. The Morgan fingerprint density at radius 1 is 1.50 bits per heavy atom. The fourth-order valence-corrected chi connectivity index (χ4v) is 2.57. The van der Waals surface area contributed by atoms with Crippen molar-refractivity contribution in [1.82, 2.24) is 0 Å². The molecule has 0 bridgehead atoms. The minimum atomic E-state index is 0.597. The van der Waals surface area contributed by atoms with Crippen molar-refractivity contribution in [2.75, 3.05) is 6.54 Å². The summed E-state index contributed by atoms with van der Waals surface area (Å²) in [6.07, 6.45) is 1.06. The zero-order valence-electron chi connectivity index (χ0n) is 9.86. The minimum absolute atomic E-state index is 0.597. The molecule has 2 nitrogen and oxygen atoms in total. The van der Waals surface area contributed by atoms with E-state index in [1.165, 1.54) is 11.1 Å². The van der Waals surface area contributed by atoms with E-state index in [4.69, 9.17) is 11.0 Å². The molecule has 1 unspecified atom stereocenters. The number of hydrogen-bond donors (Lipinski definition) is 1. The second-order valence-corrected chi connectivity index (χ2v) is 5.38. The van der Waals surface area contributed by atoms with Crippen molar-refractivity contribution in [3.05, 3.63) is 34.9 Å². The summed E-state index contributed by atoms with van der Waals surface area (Å²) in [5, 5.41) is 9.37. The fraction of sp³-hybridized carbons (Fsp3) is 0.462. The number of nitrogens with zero attached hydrogens (tertiary/aromatic N) is 1. The Bertz CT molecular complexity index is 382. The van der Waals surface area contributed by atoms with Crippen LogP contribution in [0.3, 0.4) is 0 Å². The van der Waals surface area contributed by atoms with Crippen LogP contribution in [-0.4, -0.2) is 11.8 Å². The Labute approximate surface area is 102 Å². The first-order valence-electron chi connectivity index (χ1n) is 5.48. The van der Waals surface area contributed by atoms with Crippen molar-refractivity contribution in [2.24, 2.45) is 5.73 Å². The molecule has 0 amide bonds. The van der Waals surface area contributed by atoms with Gasteiger partial charge < -0.3 is 5.73 Å². The van der Waals surface area contributed by atoms with Crippen LogP contribution in [0.1, 0.15) is 30.0 Å². The summed E-state index contributed by atoms with van der Waals surface area (Å²) in [5.41, 5.74) is 8.77. The van der Waals surface area contributed by atoms with E-state index in [9.17, 15) is 0 Å². The number of benzene rings is 1. The predicted octanol–water partition coefficient (Wildman–Crippen LogP) is 2.84. The van der Waals surface area contributed by atoms with Gasteiger partial charge in [0.2, 0.25) is 0 Å². The predicted molar refractivity (Wildman–Crippen MR) is 70.3 cm³/mol. The molecule has 0 fully saturated rings. The highest BCUT2D eigenvalue weighted by Crippen LogP contribution is 2.22. The Morgan fingerprint density at radius 2 is 2.25 bits per heavy atom. The summed E-state index contributed by atoms with van der Waals surface area (Å²) >= 11 is 1.92. The van der Waals surface area contributed by atoms with Gasteiger partial charge in [0.25, 0.3) is 0 Å². The van der Waals surface area contributed by atoms with Gasteiger partial charge in [0.15, 0.2) is 0 Å². The number of thioether (sulfide) groups is 1. The van der Waals surface area contributed by atoms with E-state index in [-0.39, 0.29) is 0 Å². The third kappa shape index (κ3) is 3.88. The number of nitriles is 1. The molecule has 1 aromatic carbocycles. The van der Waals surface area contributed by atoms with E-state index < -0.39 is 0 Å². The standard InChI is InChI=1S/C13H18N2S/c1-10-7-12(8-15)3-4-13(10)9-16-11(2)5-6-14/h3-4,7,11H,5-6,9,14H2,1-2H3. The van der Waals surface area contributed by atoms with Crippen LogP contribution in [0.4, 0.5) is 0 Å². The molecule has 2 N–H and O–H groups in total. The highest BCUT2D eigenvalue weighted by molar-refractivity contribution is 7.99. The summed E-state index contributed by atoms with van der Waals surface area (Å²) in [6.45, 7) is 5.02. The van der Waals surface area contributed by atoms with E-state index in [1.807, 2.05) is 23.9 Å². The highest BCUT2D eigenvalue weighted by Gasteiger charge is 2.04. The second kappa shape index (κ2) is 6.57. The van der Waals surface area contributed by atoms with Gasteiger partial charge in [-0.2, -0.15) is 17.0 Å². The number of nitrogens with two attached hydrogens (primary N) is 1. The van der Waals surface area contributed by atoms with Crippen molar-refractivity contribution in [3.8, 4) is 6.07 Å². The molecule has 3 heteroatoms. The van der Waals surface area contributed by atoms with Gasteiger partial charge in [-0.05, 0) is 43.1 Å².